The Hall–Kier alpha value is -1.46. The highest BCUT2D eigenvalue weighted by Crippen LogP contribution is 2.29. The molecule has 0 saturated carbocycles. The van der Waals surface area contributed by atoms with Crippen LogP contribution in [-0.2, 0) is 6.54 Å². The first-order valence-corrected chi connectivity index (χ1v) is 6.72. The summed E-state index contributed by atoms with van der Waals surface area (Å²) in [7, 11) is 2.05. The molecular formula is C13H18N4S. The molecule has 0 aliphatic carbocycles. The molecule has 0 aromatic carbocycles. The molecule has 0 bridgehead atoms. The van der Waals surface area contributed by atoms with E-state index in [9.17, 15) is 0 Å². The second kappa shape index (κ2) is 5.46. The van der Waals surface area contributed by atoms with Crippen molar-refractivity contribution in [1.82, 2.24) is 9.97 Å². The van der Waals surface area contributed by atoms with Crippen molar-refractivity contribution in [1.29, 1.82) is 0 Å². The van der Waals surface area contributed by atoms with Gasteiger partial charge in [-0.25, -0.2) is 4.98 Å². The van der Waals surface area contributed by atoms with Gasteiger partial charge >= 0.3 is 0 Å². The largest absolute Gasteiger partial charge is 0.347 e. The smallest absolute Gasteiger partial charge is 0.185 e. The van der Waals surface area contributed by atoms with Gasteiger partial charge in [0, 0.05) is 36.9 Å². The van der Waals surface area contributed by atoms with E-state index in [0.717, 1.165) is 22.2 Å². The topological polar surface area (TPSA) is 55.0 Å². The van der Waals surface area contributed by atoms with Crippen molar-refractivity contribution in [3.63, 3.8) is 0 Å². The molecule has 0 fully saturated rings. The Bertz CT molecular complexity index is 507. The summed E-state index contributed by atoms with van der Waals surface area (Å²) in [6.45, 7) is 4.83. The van der Waals surface area contributed by atoms with Crippen molar-refractivity contribution in [2.45, 2.75) is 26.4 Å². The molecule has 4 nitrogen and oxygen atoms in total. The standard InChI is InChI=1S/C13H18N4S/c1-9(14)12-10(2)16-13(18-12)17(3)8-11-4-6-15-7-5-11/h4-7,9H,8,14H2,1-3H3. The van der Waals surface area contributed by atoms with Crippen LogP contribution in [0.3, 0.4) is 0 Å². The van der Waals surface area contributed by atoms with Gasteiger partial charge in [0.15, 0.2) is 5.13 Å². The zero-order valence-electron chi connectivity index (χ0n) is 10.9. The normalized spacial score (nSPS) is 12.4. The quantitative estimate of drug-likeness (QED) is 0.920. The molecule has 1 atom stereocenters. The van der Waals surface area contributed by atoms with Crippen LogP contribution in [0.1, 0.15) is 29.1 Å². The summed E-state index contributed by atoms with van der Waals surface area (Å²) in [6.07, 6.45) is 3.62. The summed E-state index contributed by atoms with van der Waals surface area (Å²) < 4.78 is 0. The Kier molecular flexibility index (Phi) is 3.93. The third kappa shape index (κ3) is 2.86. The van der Waals surface area contributed by atoms with Crippen molar-refractivity contribution in [3.05, 3.63) is 40.7 Å². The monoisotopic (exact) mass is 262 g/mol. The molecule has 0 aliphatic heterocycles. The number of rotatable bonds is 4. The van der Waals surface area contributed by atoms with Gasteiger partial charge in [-0.05, 0) is 31.5 Å². The molecular weight excluding hydrogens is 244 g/mol. The summed E-state index contributed by atoms with van der Waals surface area (Å²) in [5.41, 5.74) is 8.18. The van der Waals surface area contributed by atoms with Crippen LogP contribution in [0.5, 0.6) is 0 Å². The van der Waals surface area contributed by atoms with Gasteiger partial charge in [0.05, 0.1) is 5.69 Å². The van der Waals surface area contributed by atoms with Gasteiger partial charge in [-0.15, -0.1) is 11.3 Å². The highest BCUT2D eigenvalue weighted by Gasteiger charge is 2.13. The lowest BCUT2D eigenvalue weighted by Crippen LogP contribution is -2.16. The molecule has 0 radical (unpaired) electrons. The number of nitrogens with two attached hydrogens (primary N) is 1. The van der Waals surface area contributed by atoms with Gasteiger partial charge in [0.2, 0.25) is 0 Å². The summed E-state index contributed by atoms with van der Waals surface area (Å²) >= 11 is 1.67. The number of nitrogens with zero attached hydrogens (tertiary/aromatic N) is 3. The van der Waals surface area contributed by atoms with Crippen molar-refractivity contribution >= 4 is 16.5 Å². The van der Waals surface area contributed by atoms with Crippen LogP contribution in [-0.4, -0.2) is 17.0 Å². The molecule has 2 heterocycles. The summed E-state index contributed by atoms with van der Waals surface area (Å²) in [5.74, 6) is 0. The first-order valence-electron chi connectivity index (χ1n) is 5.91. The lowest BCUT2D eigenvalue weighted by atomic mass is 10.2. The first kappa shape index (κ1) is 13.0. The molecule has 0 aliphatic rings. The Morgan fingerprint density at radius 3 is 2.61 bits per heavy atom. The highest BCUT2D eigenvalue weighted by molar-refractivity contribution is 7.15. The minimum Gasteiger partial charge on any atom is -0.347 e. The number of aromatic nitrogens is 2. The van der Waals surface area contributed by atoms with Crippen molar-refractivity contribution in [2.75, 3.05) is 11.9 Å². The minimum absolute atomic E-state index is 0.0468. The lowest BCUT2D eigenvalue weighted by Gasteiger charge is -2.15. The number of hydrogen-bond acceptors (Lipinski definition) is 5. The number of pyridine rings is 1. The fourth-order valence-electron chi connectivity index (χ4n) is 1.81. The van der Waals surface area contributed by atoms with Gasteiger partial charge in [0.1, 0.15) is 0 Å². The minimum atomic E-state index is 0.0468. The van der Waals surface area contributed by atoms with Gasteiger partial charge in [0.25, 0.3) is 0 Å². The van der Waals surface area contributed by atoms with Gasteiger partial charge in [-0.2, -0.15) is 0 Å². The van der Waals surface area contributed by atoms with Crippen LogP contribution in [0, 0.1) is 6.92 Å². The number of aryl methyl sites for hydroxylation is 1. The van der Waals surface area contributed by atoms with Crippen molar-refractivity contribution in [3.8, 4) is 0 Å². The first-order chi connectivity index (χ1) is 8.58. The Labute approximate surface area is 111 Å². The van der Waals surface area contributed by atoms with Gasteiger partial charge in [-0.1, -0.05) is 0 Å². The fraction of sp³-hybridized carbons (Fsp3) is 0.385. The van der Waals surface area contributed by atoms with Crippen molar-refractivity contribution in [2.24, 2.45) is 5.73 Å². The number of thiazole rings is 1. The third-order valence-electron chi connectivity index (χ3n) is 2.73. The lowest BCUT2D eigenvalue weighted by molar-refractivity contribution is 0.824. The molecule has 5 heteroatoms. The zero-order chi connectivity index (χ0) is 13.1. The maximum atomic E-state index is 5.92. The maximum absolute atomic E-state index is 5.92. The Morgan fingerprint density at radius 1 is 1.39 bits per heavy atom. The van der Waals surface area contributed by atoms with Crippen molar-refractivity contribution < 1.29 is 0 Å². The van der Waals surface area contributed by atoms with E-state index < -0.39 is 0 Å². The molecule has 2 rings (SSSR count). The van der Waals surface area contributed by atoms with Crippen LogP contribution in [0.25, 0.3) is 0 Å². The second-order valence-corrected chi connectivity index (χ2v) is 5.46. The molecule has 0 spiro atoms. The zero-order valence-corrected chi connectivity index (χ0v) is 11.7. The van der Waals surface area contributed by atoms with Crippen LogP contribution in [0.2, 0.25) is 0 Å². The van der Waals surface area contributed by atoms with Gasteiger partial charge in [-0.3, -0.25) is 4.98 Å². The second-order valence-electron chi connectivity index (χ2n) is 4.45. The molecule has 2 aromatic heterocycles. The third-order valence-corrected chi connectivity index (χ3v) is 4.20. The molecule has 1 unspecified atom stereocenters. The van der Waals surface area contributed by atoms with E-state index >= 15 is 0 Å². The van der Waals surface area contributed by atoms with Crippen LogP contribution < -0.4 is 10.6 Å². The van der Waals surface area contributed by atoms with Crippen LogP contribution >= 0.6 is 11.3 Å². The number of hydrogen-bond donors (Lipinski definition) is 1. The van der Waals surface area contributed by atoms with E-state index in [4.69, 9.17) is 5.73 Å². The predicted octanol–water partition coefficient (Wildman–Crippen LogP) is 2.50. The molecule has 0 amide bonds. The van der Waals surface area contributed by atoms with E-state index in [2.05, 4.69) is 14.9 Å². The Morgan fingerprint density at radius 2 is 2.06 bits per heavy atom. The van der Waals surface area contributed by atoms with E-state index in [1.54, 1.807) is 11.3 Å². The van der Waals surface area contributed by atoms with E-state index in [-0.39, 0.29) is 6.04 Å². The molecule has 0 saturated heterocycles. The molecule has 2 N–H and O–H groups in total. The fourth-order valence-corrected chi connectivity index (χ4v) is 2.79. The summed E-state index contributed by atoms with van der Waals surface area (Å²) in [4.78, 5) is 11.9. The average molecular weight is 262 g/mol. The number of anilines is 1. The molecule has 2 aromatic rings. The van der Waals surface area contributed by atoms with Crippen LogP contribution in [0.15, 0.2) is 24.5 Å². The summed E-state index contributed by atoms with van der Waals surface area (Å²) in [5, 5.41) is 1.01. The van der Waals surface area contributed by atoms with E-state index in [1.165, 1.54) is 5.56 Å². The average Bonchev–Trinajstić information content (AvgIpc) is 2.73. The molecule has 18 heavy (non-hydrogen) atoms. The van der Waals surface area contributed by atoms with E-state index in [1.807, 2.05) is 45.4 Å². The summed E-state index contributed by atoms with van der Waals surface area (Å²) in [6, 6.07) is 4.08. The molecule has 96 valence electrons. The highest BCUT2D eigenvalue weighted by atomic mass is 32.1. The van der Waals surface area contributed by atoms with E-state index in [0.29, 0.717) is 0 Å². The Balaban J connectivity index is 2.14. The van der Waals surface area contributed by atoms with Crippen LogP contribution in [0.4, 0.5) is 5.13 Å². The SMILES string of the molecule is Cc1nc(N(C)Cc2ccncc2)sc1C(C)N. The van der Waals surface area contributed by atoms with Gasteiger partial charge < -0.3 is 10.6 Å². The maximum Gasteiger partial charge on any atom is 0.185 e. The predicted molar refractivity (Wildman–Crippen MR) is 75.8 cm³/mol.